The topological polar surface area (TPSA) is 88.3 Å². The van der Waals surface area contributed by atoms with E-state index in [-0.39, 0.29) is 11.5 Å². The Labute approximate surface area is 196 Å². The first-order valence-corrected chi connectivity index (χ1v) is 10.8. The number of carbonyl (C=O) groups is 2. The number of halogens is 1. The van der Waals surface area contributed by atoms with Crippen LogP contribution in [0.15, 0.2) is 83.4 Å². The molecule has 0 aliphatic rings. The highest BCUT2D eigenvalue weighted by molar-refractivity contribution is 5.95. The van der Waals surface area contributed by atoms with E-state index in [1.54, 1.807) is 37.4 Å². The molecule has 172 valence electrons. The zero-order chi connectivity index (χ0) is 23.9. The van der Waals surface area contributed by atoms with E-state index in [0.29, 0.717) is 42.4 Å². The lowest BCUT2D eigenvalue weighted by atomic mass is 10.1. The van der Waals surface area contributed by atoms with Gasteiger partial charge in [-0.2, -0.15) is 4.98 Å². The van der Waals surface area contributed by atoms with E-state index in [9.17, 15) is 14.0 Å². The van der Waals surface area contributed by atoms with Crippen LogP contribution in [0.25, 0.3) is 11.5 Å². The molecule has 1 aromatic heterocycles. The summed E-state index contributed by atoms with van der Waals surface area (Å²) in [5.74, 6) is -0.410. The number of nitrogens with zero attached hydrogens (tertiary/aromatic N) is 3. The summed E-state index contributed by atoms with van der Waals surface area (Å²) in [7, 11) is 1.59. The van der Waals surface area contributed by atoms with Crippen LogP contribution >= 0.6 is 0 Å². The molecule has 7 nitrogen and oxygen atoms in total. The summed E-state index contributed by atoms with van der Waals surface area (Å²) in [6.45, 7) is 0.745. The Balaban J connectivity index is 1.32. The second kappa shape index (κ2) is 10.5. The Morgan fingerprint density at radius 2 is 1.68 bits per heavy atom. The van der Waals surface area contributed by atoms with Gasteiger partial charge in [-0.25, -0.2) is 4.39 Å². The molecule has 4 rings (SSSR count). The van der Waals surface area contributed by atoms with Crippen LogP contribution in [0, 0.1) is 5.82 Å². The van der Waals surface area contributed by atoms with Gasteiger partial charge in [-0.15, -0.1) is 0 Å². The molecule has 0 aliphatic carbocycles. The fraction of sp³-hybridized carbons (Fsp3) is 0.154. The van der Waals surface area contributed by atoms with Gasteiger partial charge >= 0.3 is 0 Å². The highest BCUT2D eigenvalue weighted by Crippen LogP contribution is 2.18. The molecular weight excluding hydrogens is 435 g/mol. The minimum atomic E-state index is -0.557. The first kappa shape index (κ1) is 22.8. The zero-order valence-corrected chi connectivity index (χ0v) is 18.6. The van der Waals surface area contributed by atoms with Crippen LogP contribution in [0.2, 0.25) is 0 Å². The summed E-state index contributed by atoms with van der Waals surface area (Å²) < 4.78 is 19.2. The van der Waals surface area contributed by atoms with E-state index >= 15 is 0 Å². The van der Waals surface area contributed by atoms with Gasteiger partial charge in [0.2, 0.25) is 0 Å². The van der Waals surface area contributed by atoms with Crippen LogP contribution in [0.4, 0.5) is 4.39 Å². The van der Waals surface area contributed by atoms with E-state index in [1.807, 2.05) is 30.3 Å². The minimum absolute atomic E-state index is 0.0201. The Bertz CT molecular complexity index is 1270. The van der Waals surface area contributed by atoms with E-state index < -0.39 is 11.7 Å². The summed E-state index contributed by atoms with van der Waals surface area (Å²) in [6.07, 6.45) is 0.347. The Morgan fingerprint density at radius 1 is 0.971 bits per heavy atom. The van der Waals surface area contributed by atoms with Gasteiger partial charge in [0.25, 0.3) is 17.7 Å². The number of hydrogen-bond donors (Lipinski definition) is 1. The maximum absolute atomic E-state index is 13.8. The van der Waals surface area contributed by atoms with Crippen LogP contribution in [0.1, 0.15) is 32.1 Å². The molecule has 0 bridgehead atoms. The molecule has 1 N–H and O–H groups in total. The molecule has 0 radical (unpaired) electrons. The van der Waals surface area contributed by atoms with Gasteiger partial charge in [0.05, 0.1) is 5.56 Å². The lowest BCUT2D eigenvalue weighted by molar-refractivity contribution is 0.0790. The molecule has 0 aliphatic heterocycles. The van der Waals surface area contributed by atoms with Gasteiger partial charge in [0.15, 0.2) is 5.82 Å². The summed E-state index contributed by atoms with van der Waals surface area (Å²) in [5, 5.41) is 6.84. The number of benzene rings is 3. The van der Waals surface area contributed by atoms with Crippen LogP contribution in [0.3, 0.4) is 0 Å². The molecule has 0 unspecified atom stereocenters. The van der Waals surface area contributed by atoms with Crippen molar-refractivity contribution in [1.82, 2.24) is 20.4 Å². The van der Waals surface area contributed by atoms with Crippen molar-refractivity contribution in [2.24, 2.45) is 0 Å². The molecule has 0 saturated carbocycles. The number of carbonyl (C=O) groups excluding carboxylic acids is 2. The maximum Gasteiger partial charge on any atom is 0.257 e. The molecule has 0 saturated heterocycles. The molecular formula is C26H23FN4O3. The first-order chi connectivity index (χ1) is 16.5. The molecule has 0 spiro atoms. The number of aromatic nitrogens is 2. The second-order valence-electron chi connectivity index (χ2n) is 7.72. The van der Waals surface area contributed by atoms with Crippen molar-refractivity contribution in [3.63, 3.8) is 0 Å². The van der Waals surface area contributed by atoms with Crippen molar-refractivity contribution in [2.45, 2.75) is 13.0 Å². The van der Waals surface area contributed by atoms with Gasteiger partial charge in [0, 0.05) is 37.7 Å². The number of rotatable bonds is 8. The largest absolute Gasteiger partial charge is 0.348 e. The SMILES string of the molecule is CN(CCc1noc(-c2ccc(C(=O)NCc3ccccc3)cc2)n1)C(=O)c1ccccc1F. The van der Waals surface area contributed by atoms with Gasteiger partial charge in [-0.05, 0) is 42.0 Å². The standard InChI is InChI=1S/C26H23FN4O3/c1-31(26(33)21-9-5-6-10-22(21)27)16-15-23-29-25(34-30-23)20-13-11-19(12-14-20)24(32)28-17-18-7-3-2-4-8-18/h2-14H,15-17H2,1H3,(H,28,32). The van der Waals surface area contributed by atoms with E-state index in [0.717, 1.165) is 5.56 Å². The van der Waals surface area contributed by atoms with Gasteiger partial charge in [-0.1, -0.05) is 47.6 Å². The zero-order valence-electron chi connectivity index (χ0n) is 18.6. The van der Waals surface area contributed by atoms with Crippen molar-refractivity contribution in [3.05, 3.63) is 107 Å². The lowest BCUT2D eigenvalue weighted by Crippen LogP contribution is -2.29. The quantitative estimate of drug-likeness (QED) is 0.429. The smallest absolute Gasteiger partial charge is 0.257 e. The van der Waals surface area contributed by atoms with Crippen molar-refractivity contribution < 1.29 is 18.5 Å². The fourth-order valence-electron chi connectivity index (χ4n) is 3.33. The summed E-state index contributed by atoms with van der Waals surface area (Å²) in [4.78, 5) is 30.6. The van der Waals surface area contributed by atoms with E-state index in [4.69, 9.17) is 4.52 Å². The molecule has 0 atom stereocenters. The van der Waals surface area contributed by atoms with Crippen molar-refractivity contribution in [3.8, 4) is 11.5 Å². The maximum atomic E-state index is 13.8. The molecule has 1 heterocycles. The van der Waals surface area contributed by atoms with Gasteiger partial charge in [0.1, 0.15) is 5.82 Å². The average Bonchev–Trinajstić information content (AvgIpc) is 3.35. The van der Waals surface area contributed by atoms with Crippen LogP contribution in [-0.2, 0) is 13.0 Å². The average molecular weight is 458 g/mol. The fourth-order valence-corrected chi connectivity index (χ4v) is 3.33. The van der Waals surface area contributed by atoms with Gasteiger partial charge < -0.3 is 14.7 Å². The summed E-state index contributed by atoms with van der Waals surface area (Å²) in [6, 6.07) is 22.4. The van der Waals surface area contributed by atoms with Gasteiger partial charge in [-0.3, -0.25) is 9.59 Å². The third-order valence-electron chi connectivity index (χ3n) is 5.28. The van der Waals surface area contributed by atoms with Crippen LogP contribution < -0.4 is 5.32 Å². The van der Waals surface area contributed by atoms with E-state index in [2.05, 4.69) is 15.5 Å². The minimum Gasteiger partial charge on any atom is -0.348 e. The molecule has 0 fully saturated rings. The molecule has 2 amide bonds. The van der Waals surface area contributed by atoms with Crippen LogP contribution in [0.5, 0.6) is 0 Å². The van der Waals surface area contributed by atoms with Crippen molar-refractivity contribution in [1.29, 1.82) is 0 Å². The second-order valence-corrected chi connectivity index (χ2v) is 7.72. The number of nitrogens with one attached hydrogen (secondary N) is 1. The van der Waals surface area contributed by atoms with Crippen LogP contribution in [-0.4, -0.2) is 40.4 Å². The Kier molecular flexibility index (Phi) is 7.07. The van der Waals surface area contributed by atoms with E-state index in [1.165, 1.54) is 23.1 Å². The number of likely N-dealkylation sites (N-methyl/N-ethyl adjacent to an activating group) is 1. The normalized spacial score (nSPS) is 10.6. The molecule has 8 heteroatoms. The predicted molar refractivity (Wildman–Crippen MR) is 124 cm³/mol. The Hall–Kier alpha value is -4.33. The highest BCUT2D eigenvalue weighted by Gasteiger charge is 2.17. The highest BCUT2D eigenvalue weighted by atomic mass is 19.1. The molecule has 3 aromatic carbocycles. The lowest BCUT2D eigenvalue weighted by Gasteiger charge is -2.16. The molecule has 34 heavy (non-hydrogen) atoms. The summed E-state index contributed by atoms with van der Waals surface area (Å²) in [5.41, 5.74) is 2.24. The summed E-state index contributed by atoms with van der Waals surface area (Å²) >= 11 is 0. The third-order valence-corrected chi connectivity index (χ3v) is 5.28. The monoisotopic (exact) mass is 458 g/mol. The Morgan fingerprint density at radius 3 is 2.41 bits per heavy atom. The van der Waals surface area contributed by atoms with Crippen molar-refractivity contribution >= 4 is 11.8 Å². The molecule has 4 aromatic rings. The van der Waals surface area contributed by atoms with Crippen molar-refractivity contribution in [2.75, 3.05) is 13.6 Å². The third kappa shape index (κ3) is 5.53. The predicted octanol–water partition coefficient (Wildman–Crippen LogP) is 4.12. The number of amides is 2. The first-order valence-electron chi connectivity index (χ1n) is 10.8. The number of hydrogen-bond acceptors (Lipinski definition) is 5.